The van der Waals surface area contributed by atoms with E-state index in [0.717, 1.165) is 40.2 Å². The Bertz CT molecular complexity index is 1750. The van der Waals surface area contributed by atoms with Gasteiger partial charge in [0.25, 0.3) is 5.91 Å². The maximum absolute atomic E-state index is 13.5. The van der Waals surface area contributed by atoms with E-state index in [0.29, 0.717) is 27.4 Å². The Hall–Kier alpha value is -4.17. The average molecular weight is 608 g/mol. The molecule has 5 nitrogen and oxygen atoms in total. The third-order valence-electron chi connectivity index (χ3n) is 6.82. The molecule has 1 aliphatic rings. The minimum atomic E-state index is -0.0839. The fraction of sp³-hybridized carbons (Fsp3) is 0.0882. The van der Waals surface area contributed by atoms with Crippen LogP contribution in [-0.4, -0.2) is 31.5 Å². The molecule has 0 atom stereocenters. The van der Waals surface area contributed by atoms with Gasteiger partial charge in [-0.2, -0.15) is 5.10 Å². The summed E-state index contributed by atoms with van der Waals surface area (Å²) in [4.78, 5) is 15.7. The number of carbonyl (C=O) groups is 1. The van der Waals surface area contributed by atoms with E-state index in [4.69, 9.17) is 33.7 Å². The molecular weight excluding hydrogens is 582 g/mol. The van der Waals surface area contributed by atoms with Crippen LogP contribution >= 0.6 is 35.6 Å². The molecule has 1 fully saturated rings. The van der Waals surface area contributed by atoms with Gasteiger partial charge in [0, 0.05) is 28.9 Å². The second-order valence-electron chi connectivity index (χ2n) is 9.73. The second-order valence-corrected chi connectivity index (χ2v) is 11.8. The van der Waals surface area contributed by atoms with Crippen molar-refractivity contribution in [1.29, 1.82) is 0 Å². The van der Waals surface area contributed by atoms with Gasteiger partial charge in [-0.15, -0.1) is 0 Å². The molecular formula is C34H26ClN3O2S2. The fourth-order valence-electron chi connectivity index (χ4n) is 4.63. The number of nitrogens with zero attached hydrogens (tertiary/aromatic N) is 3. The Morgan fingerprint density at radius 2 is 1.62 bits per heavy atom. The van der Waals surface area contributed by atoms with Crippen molar-refractivity contribution in [3.8, 4) is 22.7 Å². The third-order valence-corrected chi connectivity index (χ3v) is 8.45. The molecule has 1 amide bonds. The van der Waals surface area contributed by atoms with Gasteiger partial charge < -0.3 is 4.74 Å². The molecule has 4 aromatic carbocycles. The largest absolute Gasteiger partial charge is 0.489 e. The normalized spacial score (nSPS) is 14.1. The number of amides is 1. The van der Waals surface area contributed by atoms with E-state index in [1.807, 2.05) is 114 Å². The number of thioether (sulfide) groups is 1. The molecule has 0 unspecified atom stereocenters. The van der Waals surface area contributed by atoms with Crippen LogP contribution in [0.25, 0.3) is 23.0 Å². The molecule has 6 rings (SSSR count). The van der Waals surface area contributed by atoms with Crippen LogP contribution in [0, 0.1) is 0 Å². The first-order chi connectivity index (χ1) is 20.5. The number of aromatic nitrogens is 2. The Morgan fingerprint density at radius 1 is 0.881 bits per heavy atom. The van der Waals surface area contributed by atoms with Gasteiger partial charge in [-0.25, -0.2) is 4.68 Å². The Labute approximate surface area is 259 Å². The first-order valence-corrected chi connectivity index (χ1v) is 15.1. The van der Waals surface area contributed by atoms with E-state index in [1.165, 1.54) is 17.3 Å². The topological polar surface area (TPSA) is 47.4 Å². The summed E-state index contributed by atoms with van der Waals surface area (Å²) < 4.78 is 8.49. The van der Waals surface area contributed by atoms with Crippen molar-refractivity contribution >= 4 is 51.9 Å². The summed E-state index contributed by atoms with van der Waals surface area (Å²) in [5.41, 5.74) is 5.55. The highest BCUT2D eigenvalue weighted by atomic mass is 35.5. The number of rotatable bonds is 9. The molecule has 1 saturated heterocycles. The van der Waals surface area contributed by atoms with Gasteiger partial charge in [0.05, 0.1) is 10.6 Å². The number of carbonyl (C=O) groups excluding carboxylic acids is 1. The SMILES string of the molecule is O=C1C(=Cc2cn(-c3ccccc3)nc2-c2cccc(OCc3ccc(Cl)cc3)c2)SC(=S)N1CCc1ccccc1. The van der Waals surface area contributed by atoms with Crippen molar-refractivity contribution in [3.05, 3.63) is 142 Å². The molecule has 0 spiro atoms. The van der Waals surface area contributed by atoms with Crippen molar-refractivity contribution in [2.45, 2.75) is 13.0 Å². The zero-order valence-electron chi connectivity index (χ0n) is 22.5. The molecule has 0 radical (unpaired) electrons. The number of ether oxygens (including phenoxy) is 1. The molecule has 208 valence electrons. The highest BCUT2D eigenvalue weighted by Gasteiger charge is 2.32. The molecule has 5 aromatic rings. The lowest BCUT2D eigenvalue weighted by Gasteiger charge is -2.14. The summed E-state index contributed by atoms with van der Waals surface area (Å²) in [6.07, 6.45) is 4.58. The lowest BCUT2D eigenvalue weighted by Crippen LogP contribution is -2.30. The molecule has 2 heterocycles. The van der Waals surface area contributed by atoms with Crippen LogP contribution in [0.2, 0.25) is 5.02 Å². The highest BCUT2D eigenvalue weighted by molar-refractivity contribution is 8.26. The molecule has 0 bridgehead atoms. The standard InChI is InChI=1S/C34H26ClN3O2S2/c35-28-16-14-25(15-17-28)23-40-30-13-7-10-26(20-30)32-27(22-38(36-32)29-11-5-2-6-12-29)21-31-33(39)37(34(41)42-31)19-18-24-8-3-1-4-9-24/h1-17,20-22H,18-19,23H2. The third kappa shape index (κ3) is 6.49. The Kier molecular flexibility index (Phi) is 8.51. The minimum Gasteiger partial charge on any atom is -0.489 e. The molecule has 1 aliphatic heterocycles. The Morgan fingerprint density at radius 3 is 2.38 bits per heavy atom. The van der Waals surface area contributed by atoms with E-state index in [-0.39, 0.29) is 5.91 Å². The summed E-state index contributed by atoms with van der Waals surface area (Å²) in [6.45, 7) is 0.951. The molecule has 1 aromatic heterocycles. The number of halogens is 1. The summed E-state index contributed by atoms with van der Waals surface area (Å²) in [5.74, 6) is 0.634. The molecule has 8 heteroatoms. The van der Waals surface area contributed by atoms with E-state index in [9.17, 15) is 4.79 Å². The zero-order chi connectivity index (χ0) is 28.9. The average Bonchev–Trinajstić information content (AvgIpc) is 3.56. The number of thiocarbonyl (C=S) groups is 1. The summed E-state index contributed by atoms with van der Waals surface area (Å²) in [5, 5.41) is 5.63. The van der Waals surface area contributed by atoms with Gasteiger partial charge in [0.2, 0.25) is 0 Å². The van der Waals surface area contributed by atoms with Crippen LogP contribution in [0.15, 0.2) is 120 Å². The van der Waals surface area contributed by atoms with Crippen molar-refractivity contribution in [2.75, 3.05) is 6.54 Å². The number of hydrogen-bond donors (Lipinski definition) is 0. The molecule has 0 saturated carbocycles. The van der Waals surface area contributed by atoms with Gasteiger partial charge in [0.1, 0.15) is 22.4 Å². The van der Waals surface area contributed by atoms with Crippen LogP contribution < -0.4 is 4.74 Å². The van der Waals surface area contributed by atoms with Crippen molar-refractivity contribution < 1.29 is 9.53 Å². The number of para-hydroxylation sites is 1. The van der Waals surface area contributed by atoms with E-state index in [2.05, 4.69) is 12.1 Å². The van der Waals surface area contributed by atoms with Gasteiger partial charge >= 0.3 is 0 Å². The molecule has 42 heavy (non-hydrogen) atoms. The Balaban J connectivity index is 1.29. The fourth-order valence-corrected chi connectivity index (χ4v) is 6.06. The number of benzene rings is 4. The first kappa shape index (κ1) is 28.0. The minimum absolute atomic E-state index is 0.0839. The van der Waals surface area contributed by atoms with Gasteiger partial charge in [0.15, 0.2) is 0 Å². The van der Waals surface area contributed by atoms with Crippen LogP contribution in [-0.2, 0) is 17.8 Å². The maximum Gasteiger partial charge on any atom is 0.266 e. The van der Waals surface area contributed by atoms with E-state index >= 15 is 0 Å². The van der Waals surface area contributed by atoms with E-state index < -0.39 is 0 Å². The summed E-state index contributed by atoms with van der Waals surface area (Å²) >= 11 is 13.0. The number of hydrogen-bond acceptors (Lipinski definition) is 5. The highest BCUT2D eigenvalue weighted by Crippen LogP contribution is 2.35. The van der Waals surface area contributed by atoms with E-state index in [1.54, 1.807) is 4.90 Å². The molecule has 0 aliphatic carbocycles. The summed E-state index contributed by atoms with van der Waals surface area (Å²) in [6, 6.07) is 35.4. The van der Waals surface area contributed by atoms with Crippen LogP contribution in [0.3, 0.4) is 0 Å². The van der Waals surface area contributed by atoms with Gasteiger partial charge in [-0.05, 0) is 60.0 Å². The lowest BCUT2D eigenvalue weighted by atomic mass is 10.1. The lowest BCUT2D eigenvalue weighted by molar-refractivity contribution is -0.122. The first-order valence-electron chi connectivity index (χ1n) is 13.5. The maximum atomic E-state index is 13.5. The zero-order valence-corrected chi connectivity index (χ0v) is 24.9. The monoisotopic (exact) mass is 607 g/mol. The van der Waals surface area contributed by atoms with Gasteiger partial charge in [-0.1, -0.05) is 108 Å². The van der Waals surface area contributed by atoms with Crippen molar-refractivity contribution in [2.24, 2.45) is 0 Å². The second kappa shape index (κ2) is 12.8. The predicted octanol–water partition coefficient (Wildman–Crippen LogP) is 8.22. The smallest absolute Gasteiger partial charge is 0.266 e. The van der Waals surface area contributed by atoms with Crippen LogP contribution in [0.5, 0.6) is 5.75 Å². The van der Waals surface area contributed by atoms with Crippen LogP contribution in [0.1, 0.15) is 16.7 Å². The van der Waals surface area contributed by atoms with Crippen molar-refractivity contribution in [3.63, 3.8) is 0 Å². The quantitative estimate of drug-likeness (QED) is 0.125. The van der Waals surface area contributed by atoms with Crippen LogP contribution in [0.4, 0.5) is 0 Å². The van der Waals surface area contributed by atoms with Crippen molar-refractivity contribution in [1.82, 2.24) is 14.7 Å². The predicted molar refractivity (Wildman–Crippen MR) is 175 cm³/mol. The van der Waals surface area contributed by atoms with Gasteiger partial charge in [-0.3, -0.25) is 9.69 Å². The summed E-state index contributed by atoms with van der Waals surface area (Å²) in [7, 11) is 0. The molecule has 0 N–H and O–H groups in total.